The summed E-state index contributed by atoms with van der Waals surface area (Å²) in [6, 6.07) is 6.72. The van der Waals surface area contributed by atoms with Crippen LogP contribution < -0.4 is 5.32 Å². The van der Waals surface area contributed by atoms with Crippen molar-refractivity contribution in [1.29, 1.82) is 0 Å². The number of anilines is 1. The topological polar surface area (TPSA) is 24.4 Å². The van der Waals surface area contributed by atoms with Gasteiger partial charge in [0, 0.05) is 10.9 Å². The molecule has 3 rings (SSSR count). The first-order chi connectivity index (χ1) is 7.81. The third kappa shape index (κ3) is 1.96. The van der Waals surface area contributed by atoms with E-state index in [-0.39, 0.29) is 0 Å². The van der Waals surface area contributed by atoms with Crippen LogP contribution in [-0.2, 0) is 12.8 Å². The second-order valence-electron chi connectivity index (χ2n) is 4.54. The molecule has 1 aromatic rings. The highest BCUT2D eigenvalue weighted by Gasteiger charge is 2.16. The number of fused-ring (bicyclic) bond motifs is 1. The summed E-state index contributed by atoms with van der Waals surface area (Å²) in [7, 11) is 0. The lowest BCUT2D eigenvalue weighted by molar-refractivity contribution is 0.912. The molecule has 2 aliphatic rings. The Morgan fingerprint density at radius 1 is 1.31 bits per heavy atom. The molecule has 1 N–H and O–H groups in total. The Morgan fingerprint density at radius 3 is 3.00 bits per heavy atom. The summed E-state index contributed by atoms with van der Waals surface area (Å²) in [4.78, 5) is 4.47. The third-order valence-electron chi connectivity index (χ3n) is 3.15. The molecule has 1 heterocycles. The van der Waals surface area contributed by atoms with Gasteiger partial charge in [-0.05, 0) is 42.5 Å². The van der Waals surface area contributed by atoms with Gasteiger partial charge in [0.2, 0.25) is 0 Å². The average molecular weight is 232 g/mol. The van der Waals surface area contributed by atoms with Gasteiger partial charge in [-0.2, -0.15) is 0 Å². The van der Waals surface area contributed by atoms with Gasteiger partial charge >= 0.3 is 0 Å². The highest BCUT2D eigenvalue weighted by molar-refractivity contribution is 8.15. The van der Waals surface area contributed by atoms with Crippen molar-refractivity contribution < 1.29 is 0 Å². The van der Waals surface area contributed by atoms with Gasteiger partial charge in [-0.3, -0.25) is 4.99 Å². The number of rotatable bonds is 1. The molecule has 0 bridgehead atoms. The minimum Gasteiger partial charge on any atom is -0.335 e. The summed E-state index contributed by atoms with van der Waals surface area (Å²) >= 11 is 1.83. The number of aryl methyl sites for hydroxylation is 2. The van der Waals surface area contributed by atoms with Crippen LogP contribution in [0.1, 0.15) is 24.5 Å². The van der Waals surface area contributed by atoms with Crippen molar-refractivity contribution in [3.8, 4) is 0 Å². The SMILES string of the molecule is CC1CN=C(Nc2ccc3c(c2)CCC3)S1. The summed E-state index contributed by atoms with van der Waals surface area (Å²) in [5.41, 5.74) is 4.24. The van der Waals surface area contributed by atoms with E-state index in [2.05, 4.69) is 35.4 Å². The Kier molecular flexibility index (Phi) is 2.64. The summed E-state index contributed by atoms with van der Waals surface area (Å²) in [6.07, 6.45) is 3.80. The van der Waals surface area contributed by atoms with Crippen LogP contribution in [0.25, 0.3) is 0 Å². The van der Waals surface area contributed by atoms with Crippen LogP contribution in [0.3, 0.4) is 0 Å². The third-order valence-corrected chi connectivity index (χ3v) is 4.16. The molecule has 1 aliphatic carbocycles. The van der Waals surface area contributed by atoms with Gasteiger partial charge in [0.15, 0.2) is 5.17 Å². The molecule has 0 spiro atoms. The zero-order chi connectivity index (χ0) is 11.0. The smallest absolute Gasteiger partial charge is 0.161 e. The highest BCUT2D eigenvalue weighted by atomic mass is 32.2. The number of aliphatic imine (C=N–C) groups is 1. The summed E-state index contributed by atoms with van der Waals surface area (Å²) < 4.78 is 0. The van der Waals surface area contributed by atoms with E-state index >= 15 is 0 Å². The average Bonchev–Trinajstić information content (AvgIpc) is 2.87. The van der Waals surface area contributed by atoms with Crippen molar-refractivity contribution in [1.82, 2.24) is 0 Å². The maximum Gasteiger partial charge on any atom is 0.161 e. The molecule has 16 heavy (non-hydrogen) atoms. The van der Waals surface area contributed by atoms with Crippen LogP contribution in [0, 0.1) is 0 Å². The molecular weight excluding hydrogens is 216 g/mol. The van der Waals surface area contributed by atoms with E-state index in [1.165, 1.54) is 36.1 Å². The zero-order valence-corrected chi connectivity index (χ0v) is 10.3. The fourth-order valence-corrected chi connectivity index (χ4v) is 3.17. The monoisotopic (exact) mass is 232 g/mol. The molecule has 84 valence electrons. The number of nitrogens with one attached hydrogen (secondary N) is 1. The number of benzene rings is 1. The fourth-order valence-electron chi connectivity index (χ4n) is 2.32. The lowest BCUT2D eigenvalue weighted by atomic mass is 10.1. The summed E-state index contributed by atoms with van der Waals surface area (Å²) in [5, 5.41) is 5.11. The van der Waals surface area contributed by atoms with Crippen LogP contribution >= 0.6 is 11.8 Å². The van der Waals surface area contributed by atoms with E-state index in [1.54, 1.807) is 0 Å². The number of amidine groups is 1. The molecule has 3 heteroatoms. The van der Waals surface area contributed by atoms with Crippen molar-refractivity contribution >= 4 is 22.6 Å². The van der Waals surface area contributed by atoms with Crippen LogP contribution in [0.15, 0.2) is 23.2 Å². The number of nitrogens with zero attached hydrogens (tertiary/aromatic N) is 1. The molecule has 1 aromatic carbocycles. The van der Waals surface area contributed by atoms with Gasteiger partial charge in [-0.25, -0.2) is 0 Å². The van der Waals surface area contributed by atoms with Crippen molar-refractivity contribution in [2.45, 2.75) is 31.4 Å². The van der Waals surface area contributed by atoms with Crippen LogP contribution in [0.5, 0.6) is 0 Å². The van der Waals surface area contributed by atoms with E-state index in [0.717, 1.165) is 11.7 Å². The van der Waals surface area contributed by atoms with Crippen LogP contribution in [0.4, 0.5) is 5.69 Å². The molecule has 2 nitrogen and oxygen atoms in total. The minimum absolute atomic E-state index is 0.622. The van der Waals surface area contributed by atoms with E-state index < -0.39 is 0 Å². The first-order valence-corrected chi connectivity index (χ1v) is 6.79. The van der Waals surface area contributed by atoms with E-state index in [9.17, 15) is 0 Å². The second-order valence-corrected chi connectivity index (χ2v) is 5.96. The Labute approximate surface area is 101 Å². The molecule has 0 saturated heterocycles. The predicted molar refractivity (Wildman–Crippen MR) is 71.4 cm³/mol. The standard InChI is InChI=1S/C13H16N2S/c1-9-8-14-13(16-9)15-12-6-5-10-3-2-4-11(10)7-12/h5-7,9H,2-4,8H2,1H3,(H,14,15). The van der Waals surface area contributed by atoms with Crippen molar-refractivity contribution in [3.63, 3.8) is 0 Å². The maximum atomic E-state index is 4.47. The van der Waals surface area contributed by atoms with Gasteiger partial charge in [-0.1, -0.05) is 24.8 Å². The molecule has 0 saturated carbocycles. The molecule has 1 aliphatic heterocycles. The second kappa shape index (κ2) is 4.13. The molecule has 0 radical (unpaired) electrons. The normalized spacial score (nSPS) is 23.1. The maximum absolute atomic E-state index is 4.47. The Balaban J connectivity index is 1.76. The largest absolute Gasteiger partial charge is 0.335 e. The molecule has 1 unspecified atom stereocenters. The minimum atomic E-state index is 0.622. The Bertz CT molecular complexity index is 440. The van der Waals surface area contributed by atoms with Gasteiger partial charge in [-0.15, -0.1) is 0 Å². The number of hydrogen-bond acceptors (Lipinski definition) is 3. The summed E-state index contributed by atoms with van der Waals surface area (Å²) in [5.74, 6) is 0. The van der Waals surface area contributed by atoms with Gasteiger partial charge < -0.3 is 5.32 Å². The number of thioether (sulfide) groups is 1. The Morgan fingerprint density at radius 2 is 2.19 bits per heavy atom. The van der Waals surface area contributed by atoms with Gasteiger partial charge in [0.05, 0.1) is 6.54 Å². The predicted octanol–water partition coefficient (Wildman–Crippen LogP) is 3.08. The van der Waals surface area contributed by atoms with Gasteiger partial charge in [0.25, 0.3) is 0 Å². The summed E-state index contributed by atoms with van der Waals surface area (Å²) in [6.45, 7) is 3.16. The molecule has 0 amide bonds. The van der Waals surface area contributed by atoms with Crippen molar-refractivity contribution in [2.24, 2.45) is 4.99 Å². The molecular formula is C13H16N2S. The molecule has 1 atom stereocenters. The van der Waals surface area contributed by atoms with E-state index in [4.69, 9.17) is 0 Å². The van der Waals surface area contributed by atoms with Crippen molar-refractivity contribution in [2.75, 3.05) is 11.9 Å². The van der Waals surface area contributed by atoms with Crippen LogP contribution in [-0.4, -0.2) is 17.0 Å². The quantitative estimate of drug-likeness (QED) is 0.804. The highest BCUT2D eigenvalue weighted by Crippen LogP contribution is 2.27. The van der Waals surface area contributed by atoms with Crippen molar-refractivity contribution in [3.05, 3.63) is 29.3 Å². The van der Waals surface area contributed by atoms with Gasteiger partial charge in [0.1, 0.15) is 0 Å². The first-order valence-electron chi connectivity index (χ1n) is 5.91. The lowest BCUT2D eigenvalue weighted by Gasteiger charge is -2.08. The molecule has 0 fully saturated rings. The fraction of sp³-hybridized carbons (Fsp3) is 0.462. The van der Waals surface area contributed by atoms with Crippen LogP contribution in [0.2, 0.25) is 0 Å². The number of hydrogen-bond donors (Lipinski definition) is 1. The van der Waals surface area contributed by atoms with E-state index in [0.29, 0.717) is 5.25 Å². The molecule has 0 aromatic heterocycles. The zero-order valence-electron chi connectivity index (χ0n) is 9.49. The first kappa shape index (κ1) is 10.2. The lowest BCUT2D eigenvalue weighted by Crippen LogP contribution is -2.06. The van der Waals surface area contributed by atoms with E-state index in [1.807, 2.05) is 11.8 Å². The Hall–Kier alpha value is -0.960.